The van der Waals surface area contributed by atoms with Gasteiger partial charge in [0.1, 0.15) is 6.54 Å². The number of aliphatic carboxylic acids is 1. The predicted octanol–water partition coefficient (Wildman–Crippen LogP) is 1.55. The maximum absolute atomic E-state index is 12.2. The minimum Gasteiger partial charge on any atom is -0.480 e. The maximum Gasteiger partial charge on any atom is 0.323 e. The van der Waals surface area contributed by atoms with Crippen LogP contribution in [0.2, 0.25) is 0 Å². The van der Waals surface area contributed by atoms with Gasteiger partial charge in [-0.25, -0.2) is 4.79 Å². The molecular formula is C14H26N2O4. The van der Waals surface area contributed by atoms with Gasteiger partial charge < -0.3 is 20.1 Å². The lowest BCUT2D eigenvalue weighted by Gasteiger charge is -2.26. The Bertz CT molecular complexity index is 335. The van der Waals surface area contributed by atoms with Crippen LogP contribution in [-0.4, -0.2) is 54.9 Å². The lowest BCUT2D eigenvalue weighted by Crippen LogP contribution is -2.48. The lowest BCUT2D eigenvalue weighted by atomic mass is 9.93. The number of hydrogen-bond donors (Lipinski definition) is 2. The molecule has 0 radical (unpaired) electrons. The van der Waals surface area contributed by atoms with Crippen LogP contribution in [0.3, 0.4) is 0 Å². The van der Waals surface area contributed by atoms with E-state index < -0.39 is 5.97 Å². The largest absolute Gasteiger partial charge is 0.480 e. The van der Waals surface area contributed by atoms with Crippen LogP contribution in [0.4, 0.5) is 4.79 Å². The first-order valence-electron chi connectivity index (χ1n) is 7.25. The molecule has 0 bridgehead atoms. The third-order valence-electron chi connectivity index (χ3n) is 4.24. The van der Waals surface area contributed by atoms with Crippen LogP contribution in [0.25, 0.3) is 0 Å². The molecule has 1 fully saturated rings. The topological polar surface area (TPSA) is 78.9 Å². The molecule has 1 aliphatic carbocycles. The first-order valence-corrected chi connectivity index (χ1v) is 7.25. The third-order valence-corrected chi connectivity index (χ3v) is 4.24. The molecule has 1 aliphatic rings. The van der Waals surface area contributed by atoms with Gasteiger partial charge in [-0.05, 0) is 24.7 Å². The van der Waals surface area contributed by atoms with Gasteiger partial charge in [0.25, 0.3) is 0 Å². The second-order valence-electron chi connectivity index (χ2n) is 5.47. The number of hydrogen-bond acceptors (Lipinski definition) is 3. The van der Waals surface area contributed by atoms with Gasteiger partial charge in [-0.2, -0.15) is 0 Å². The molecule has 0 aliphatic heterocycles. The van der Waals surface area contributed by atoms with Crippen molar-refractivity contribution in [1.82, 2.24) is 10.2 Å². The average Bonchev–Trinajstić information content (AvgIpc) is 2.75. The van der Waals surface area contributed by atoms with Crippen LogP contribution in [0.5, 0.6) is 0 Å². The van der Waals surface area contributed by atoms with E-state index in [0.717, 1.165) is 19.3 Å². The number of methoxy groups -OCH3 is 1. The second kappa shape index (κ2) is 8.09. The molecule has 0 spiro atoms. The van der Waals surface area contributed by atoms with Crippen molar-refractivity contribution in [2.24, 2.45) is 11.8 Å². The zero-order chi connectivity index (χ0) is 15.1. The van der Waals surface area contributed by atoms with Gasteiger partial charge >= 0.3 is 12.0 Å². The van der Waals surface area contributed by atoms with Crippen LogP contribution in [-0.2, 0) is 9.53 Å². The fourth-order valence-electron chi connectivity index (χ4n) is 2.89. The van der Waals surface area contributed by atoms with Gasteiger partial charge in [0.05, 0.1) is 6.61 Å². The van der Waals surface area contributed by atoms with Gasteiger partial charge in [-0.15, -0.1) is 0 Å². The summed E-state index contributed by atoms with van der Waals surface area (Å²) in [6.07, 6.45) is 3.21. The Kier molecular flexibility index (Phi) is 6.78. The number of rotatable bonds is 7. The monoisotopic (exact) mass is 286 g/mol. The normalized spacial score (nSPS) is 25.4. The van der Waals surface area contributed by atoms with E-state index in [4.69, 9.17) is 9.84 Å². The quantitative estimate of drug-likeness (QED) is 0.744. The van der Waals surface area contributed by atoms with Crippen molar-refractivity contribution in [2.75, 3.05) is 26.8 Å². The zero-order valence-electron chi connectivity index (χ0n) is 12.6. The molecule has 116 valence electrons. The van der Waals surface area contributed by atoms with Gasteiger partial charge in [-0.3, -0.25) is 4.79 Å². The predicted molar refractivity (Wildman–Crippen MR) is 75.6 cm³/mol. The molecule has 1 saturated carbocycles. The summed E-state index contributed by atoms with van der Waals surface area (Å²) in [4.78, 5) is 24.3. The summed E-state index contributed by atoms with van der Waals surface area (Å²) < 4.78 is 4.92. The molecule has 0 heterocycles. The van der Waals surface area contributed by atoms with Crippen molar-refractivity contribution in [3.63, 3.8) is 0 Å². The number of nitrogens with one attached hydrogen (secondary N) is 1. The van der Waals surface area contributed by atoms with Crippen molar-refractivity contribution in [3.8, 4) is 0 Å². The third kappa shape index (κ3) is 4.67. The zero-order valence-corrected chi connectivity index (χ0v) is 12.6. The van der Waals surface area contributed by atoms with Crippen molar-refractivity contribution in [3.05, 3.63) is 0 Å². The standard InChI is InChI=1S/C14H26N2O4/c1-4-11-5-6-12(10(11)2)15-14(19)16(7-8-20-3)9-13(17)18/h10-12H,4-9H2,1-3H3,(H,15,19)(H,17,18). The van der Waals surface area contributed by atoms with Gasteiger partial charge in [0.2, 0.25) is 0 Å². The van der Waals surface area contributed by atoms with E-state index in [2.05, 4.69) is 19.2 Å². The molecule has 3 atom stereocenters. The minimum atomic E-state index is -1.01. The number of ether oxygens (including phenoxy) is 1. The molecule has 3 unspecified atom stereocenters. The SMILES string of the molecule is CCC1CCC(NC(=O)N(CCOC)CC(=O)O)C1C. The molecular weight excluding hydrogens is 260 g/mol. The molecule has 2 N–H and O–H groups in total. The Morgan fingerprint density at radius 3 is 2.60 bits per heavy atom. The summed E-state index contributed by atoms with van der Waals surface area (Å²) >= 11 is 0. The Balaban J connectivity index is 2.54. The summed E-state index contributed by atoms with van der Waals surface area (Å²) in [5.74, 6) is 0.0763. The van der Waals surface area contributed by atoms with Crippen LogP contribution in [0, 0.1) is 11.8 Å². The van der Waals surface area contributed by atoms with Crippen LogP contribution < -0.4 is 5.32 Å². The maximum atomic E-state index is 12.2. The number of nitrogens with zero attached hydrogens (tertiary/aromatic N) is 1. The number of carboxylic acid groups (broad SMARTS) is 1. The van der Waals surface area contributed by atoms with E-state index in [1.165, 1.54) is 12.0 Å². The molecule has 6 heteroatoms. The van der Waals surface area contributed by atoms with E-state index in [0.29, 0.717) is 18.4 Å². The highest BCUT2D eigenvalue weighted by Gasteiger charge is 2.33. The molecule has 0 aromatic rings. The highest BCUT2D eigenvalue weighted by atomic mass is 16.5. The first-order chi connectivity index (χ1) is 9.49. The van der Waals surface area contributed by atoms with E-state index in [1.54, 1.807) is 0 Å². The summed E-state index contributed by atoms with van der Waals surface area (Å²) in [7, 11) is 1.53. The summed E-state index contributed by atoms with van der Waals surface area (Å²) in [5, 5.41) is 11.8. The van der Waals surface area contributed by atoms with Crippen molar-refractivity contribution in [2.45, 2.75) is 39.2 Å². The number of carboxylic acids is 1. The molecule has 2 amide bonds. The van der Waals surface area contributed by atoms with E-state index in [1.807, 2.05) is 0 Å². The van der Waals surface area contributed by atoms with E-state index in [-0.39, 0.29) is 25.2 Å². The average molecular weight is 286 g/mol. The van der Waals surface area contributed by atoms with Gasteiger partial charge in [0.15, 0.2) is 0 Å². The Hall–Kier alpha value is -1.30. The molecule has 6 nitrogen and oxygen atoms in total. The number of amides is 2. The summed E-state index contributed by atoms with van der Waals surface area (Å²) in [6.45, 7) is 4.64. The first kappa shape index (κ1) is 16.8. The molecule has 0 aromatic carbocycles. The molecule has 0 aromatic heterocycles. The number of urea groups is 1. The fourth-order valence-corrected chi connectivity index (χ4v) is 2.89. The molecule has 1 rings (SSSR count). The summed E-state index contributed by atoms with van der Waals surface area (Å²) in [6, 6.07) is -0.163. The highest BCUT2D eigenvalue weighted by Crippen LogP contribution is 2.33. The summed E-state index contributed by atoms with van der Waals surface area (Å²) in [5.41, 5.74) is 0. The van der Waals surface area contributed by atoms with Crippen LogP contribution in [0.1, 0.15) is 33.1 Å². The van der Waals surface area contributed by atoms with Crippen LogP contribution >= 0.6 is 0 Å². The lowest BCUT2D eigenvalue weighted by molar-refractivity contribution is -0.137. The highest BCUT2D eigenvalue weighted by molar-refractivity contribution is 5.80. The Morgan fingerprint density at radius 1 is 1.40 bits per heavy atom. The van der Waals surface area contributed by atoms with Crippen LogP contribution in [0.15, 0.2) is 0 Å². The smallest absolute Gasteiger partial charge is 0.323 e. The molecule has 20 heavy (non-hydrogen) atoms. The minimum absolute atomic E-state index is 0.145. The Labute approximate surface area is 120 Å². The van der Waals surface area contributed by atoms with Crippen molar-refractivity contribution < 1.29 is 19.4 Å². The van der Waals surface area contributed by atoms with E-state index >= 15 is 0 Å². The van der Waals surface area contributed by atoms with Crippen molar-refractivity contribution in [1.29, 1.82) is 0 Å². The Morgan fingerprint density at radius 2 is 2.10 bits per heavy atom. The van der Waals surface area contributed by atoms with Crippen molar-refractivity contribution >= 4 is 12.0 Å². The van der Waals surface area contributed by atoms with Gasteiger partial charge in [-0.1, -0.05) is 20.3 Å². The number of carbonyl (C=O) groups is 2. The fraction of sp³-hybridized carbons (Fsp3) is 0.857. The molecule has 0 saturated heterocycles. The van der Waals surface area contributed by atoms with Gasteiger partial charge in [0, 0.05) is 19.7 Å². The van der Waals surface area contributed by atoms with E-state index in [9.17, 15) is 9.59 Å². The second-order valence-corrected chi connectivity index (χ2v) is 5.47. The number of carbonyl (C=O) groups excluding carboxylic acids is 1.